The SMILES string of the molecule is CCOc1cccc(/C=C/C(=O)c2ccc(NC3=NCCCS3)cc2)c1OC. The van der Waals surface area contributed by atoms with E-state index in [0.29, 0.717) is 23.7 Å². The van der Waals surface area contributed by atoms with Crippen molar-refractivity contribution < 1.29 is 14.3 Å². The van der Waals surface area contributed by atoms with E-state index in [1.807, 2.05) is 49.4 Å². The summed E-state index contributed by atoms with van der Waals surface area (Å²) in [6.45, 7) is 3.34. The molecule has 0 aromatic heterocycles. The lowest BCUT2D eigenvalue weighted by atomic mass is 10.1. The Morgan fingerprint density at radius 2 is 2.07 bits per heavy atom. The van der Waals surface area contributed by atoms with E-state index < -0.39 is 0 Å². The molecular formula is C22H24N2O3S. The predicted octanol–water partition coefficient (Wildman–Crippen LogP) is 4.89. The number of hydrogen-bond acceptors (Lipinski definition) is 6. The first-order valence-electron chi connectivity index (χ1n) is 9.28. The molecule has 0 fully saturated rings. The van der Waals surface area contributed by atoms with Gasteiger partial charge in [0.25, 0.3) is 0 Å². The summed E-state index contributed by atoms with van der Waals surface area (Å²) in [5.74, 6) is 2.30. The molecule has 0 amide bonds. The first-order valence-corrected chi connectivity index (χ1v) is 10.3. The molecule has 0 bridgehead atoms. The van der Waals surface area contributed by atoms with Gasteiger partial charge >= 0.3 is 0 Å². The molecule has 0 aliphatic carbocycles. The molecule has 146 valence electrons. The van der Waals surface area contributed by atoms with Crippen LogP contribution in [-0.4, -0.2) is 37.0 Å². The number of anilines is 1. The van der Waals surface area contributed by atoms with Crippen molar-refractivity contribution >= 4 is 34.5 Å². The fraction of sp³-hybridized carbons (Fsp3) is 0.273. The van der Waals surface area contributed by atoms with E-state index in [1.165, 1.54) is 0 Å². The van der Waals surface area contributed by atoms with Crippen LogP contribution in [0.15, 0.2) is 53.5 Å². The Labute approximate surface area is 169 Å². The van der Waals surface area contributed by atoms with Gasteiger partial charge in [0.05, 0.1) is 13.7 Å². The molecule has 28 heavy (non-hydrogen) atoms. The van der Waals surface area contributed by atoms with Crippen LogP contribution in [0.1, 0.15) is 29.3 Å². The third-order valence-corrected chi connectivity index (χ3v) is 5.14. The highest BCUT2D eigenvalue weighted by atomic mass is 32.2. The number of nitrogens with zero attached hydrogens (tertiary/aromatic N) is 1. The Hall–Kier alpha value is -2.73. The number of methoxy groups -OCH3 is 1. The highest BCUT2D eigenvalue weighted by Crippen LogP contribution is 2.32. The summed E-state index contributed by atoms with van der Waals surface area (Å²) in [6.07, 6.45) is 4.42. The molecule has 0 unspecified atom stereocenters. The Morgan fingerprint density at radius 3 is 2.75 bits per heavy atom. The van der Waals surface area contributed by atoms with Crippen LogP contribution in [0.2, 0.25) is 0 Å². The van der Waals surface area contributed by atoms with Gasteiger partial charge < -0.3 is 14.8 Å². The molecule has 0 radical (unpaired) electrons. The van der Waals surface area contributed by atoms with E-state index in [-0.39, 0.29) is 5.78 Å². The number of thioether (sulfide) groups is 1. The standard InChI is InChI=1S/C22H24N2O3S/c1-3-27-20-7-4-6-17(21(20)26-2)10-13-19(25)16-8-11-18(12-9-16)24-22-23-14-5-15-28-22/h4,6-13H,3,5,14-15H2,1-2H3,(H,23,24)/b13-10+. The first-order chi connectivity index (χ1) is 13.7. The maximum absolute atomic E-state index is 12.5. The number of amidine groups is 1. The number of rotatable bonds is 7. The number of aliphatic imine (C=N–C) groups is 1. The maximum atomic E-state index is 12.5. The lowest BCUT2D eigenvalue weighted by Gasteiger charge is -2.13. The third-order valence-electron chi connectivity index (χ3n) is 4.14. The number of para-hydroxylation sites is 1. The molecule has 1 aliphatic heterocycles. The van der Waals surface area contributed by atoms with Crippen molar-refractivity contribution in [1.82, 2.24) is 0 Å². The smallest absolute Gasteiger partial charge is 0.185 e. The van der Waals surface area contributed by atoms with Crippen molar-refractivity contribution in [2.24, 2.45) is 4.99 Å². The second kappa shape index (κ2) is 9.99. The Kier molecular flexibility index (Phi) is 7.14. The zero-order chi connectivity index (χ0) is 19.8. The minimum atomic E-state index is -0.0696. The molecule has 3 rings (SSSR count). The molecule has 1 heterocycles. The van der Waals surface area contributed by atoms with Gasteiger partial charge in [-0.2, -0.15) is 0 Å². The summed E-state index contributed by atoms with van der Waals surface area (Å²) in [5.41, 5.74) is 2.35. The molecule has 2 aromatic carbocycles. The lowest BCUT2D eigenvalue weighted by molar-refractivity contribution is 0.104. The van der Waals surface area contributed by atoms with Gasteiger partial charge in [0.2, 0.25) is 0 Å². The molecule has 0 saturated carbocycles. The van der Waals surface area contributed by atoms with E-state index in [4.69, 9.17) is 9.47 Å². The van der Waals surface area contributed by atoms with Gasteiger partial charge in [-0.3, -0.25) is 9.79 Å². The first kappa shape index (κ1) is 20.0. The van der Waals surface area contributed by atoms with Crippen LogP contribution in [0, 0.1) is 0 Å². The highest BCUT2D eigenvalue weighted by Gasteiger charge is 2.09. The summed E-state index contributed by atoms with van der Waals surface area (Å²) in [4.78, 5) is 17.0. The number of allylic oxidation sites excluding steroid dienone is 1. The average molecular weight is 397 g/mol. The van der Waals surface area contributed by atoms with Gasteiger partial charge in [0, 0.05) is 29.1 Å². The molecular weight excluding hydrogens is 372 g/mol. The quantitative estimate of drug-likeness (QED) is 0.533. The summed E-state index contributed by atoms with van der Waals surface area (Å²) in [7, 11) is 1.59. The second-order valence-electron chi connectivity index (χ2n) is 6.10. The fourth-order valence-electron chi connectivity index (χ4n) is 2.79. The minimum absolute atomic E-state index is 0.0696. The average Bonchev–Trinajstić information content (AvgIpc) is 2.73. The topological polar surface area (TPSA) is 59.9 Å². The van der Waals surface area contributed by atoms with Crippen LogP contribution >= 0.6 is 11.8 Å². The predicted molar refractivity (Wildman–Crippen MR) is 117 cm³/mol. The van der Waals surface area contributed by atoms with Crippen LogP contribution in [0.3, 0.4) is 0 Å². The van der Waals surface area contributed by atoms with Crippen LogP contribution in [-0.2, 0) is 0 Å². The molecule has 1 aliphatic rings. The number of nitrogens with one attached hydrogen (secondary N) is 1. The highest BCUT2D eigenvalue weighted by molar-refractivity contribution is 8.14. The van der Waals surface area contributed by atoms with Crippen LogP contribution < -0.4 is 14.8 Å². The third kappa shape index (κ3) is 5.16. The zero-order valence-corrected chi connectivity index (χ0v) is 16.9. The summed E-state index contributed by atoms with van der Waals surface area (Å²) in [6, 6.07) is 13.0. The van der Waals surface area contributed by atoms with Gasteiger partial charge in [0.15, 0.2) is 22.4 Å². The number of benzene rings is 2. The normalized spacial score (nSPS) is 13.9. The number of ether oxygens (including phenoxy) is 2. The van der Waals surface area contributed by atoms with Crippen molar-refractivity contribution in [2.75, 3.05) is 31.3 Å². The van der Waals surface area contributed by atoms with Crippen molar-refractivity contribution in [3.8, 4) is 11.5 Å². The number of hydrogen-bond donors (Lipinski definition) is 1. The van der Waals surface area contributed by atoms with Crippen molar-refractivity contribution in [2.45, 2.75) is 13.3 Å². The van der Waals surface area contributed by atoms with Gasteiger partial charge in [-0.05, 0) is 55.8 Å². The summed E-state index contributed by atoms with van der Waals surface area (Å²) < 4.78 is 11.0. The second-order valence-corrected chi connectivity index (χ2v) is 7.18. The maximum Gasteiger partial charge on any atom is 0.185 e. The molecule has 5 nitrogen and oxygen atoms in total. The molecule has 6 heteroatoms. The molecule has 0 atom stereocenters. The minimum Gasteiger partial charge on any atom is -0.492 e. The zero-order valence-electron chi connectivity index (χ0n) is 16.1. The van der Waals surface area contributed by atoms with Crippen LogP contribution in [0.5, 0.6) is 11.5 Å². The van der Waals surface area contributed by atoms with Crippen LogP contribution in [0.25, 0.3) is 6.08 Å². The summed E-state index contributed by atoms with van der Waals surface area (Å²) >= 11 is 1.72. The Bertz CT molecular complexity index is 876. The Balaban J connectivity index is 1.69. The summed E-state index contributed by atoms with van der Waals surface area (Å²) in [5, 5.41) is 4.23. The molecule has 0 spiro atoms. The lowest BCUT2D eigenvalue weighted by Crippen LogP contribution is -2.13. The van der Waals surface area contributed by atoms with Crippen LogP contribution in [0.4, 0.5) is 5.69 Å². The van der Waals surface area contributed by atoms with Gasteiger partial charge in [-0.1, -0.05) is 23.9 Å². The molecule has 0 saturated heterocycles. The van der Waals surface area contributed by atoms with Crippen molar-refractivity contribution in [3.05, 3.63) is 59.7 Å². The largest absolute Gasteiger partial charge is 0.492 e. The fourth-order valence-corrected chi connectivity index (χ4v) is 3.63. The van der Waals surface area contributed by atoms with Crippen molar-refractivity contribution in [3.63, 3.8) is 0 Å². The molecule has 2 aromatic rings. The van der Waals surface area contributed by atoms with Gasteiger partial charge in [0.1, 0.15) is 0 Å². The van der Waals surface area contributed by atoms with E-state index in [2.05, 4.69) is 10.3 Å². The van der Waals surface area contributed by atoms with Gasteiger partial charge in [-0.25, -0.2) is 0 Å². The molecule has 1 N–H and O–H groups in total. The number of carbonyl (C=O) groups excluding carboxylic acids is 1. The monoisotopic (exact) mass is 396 g/mol. The van der Waals surface area contributed by atoms with E-state index in [1.54, 1.807) is 31.0 Å². The number of carbonyl (C=O) groups is 1. The van der Waals surface area contributed by atoms with Crippen molar-refractivity contribution in [1.29, 1.82) is 0 Å². The van der Waals surface area contributed by atoms with Gasteiger partial charge in [-0.15, -0.1) is 0 Å². The Morgan fingerprint density at radius 1 is 1.25 bits per heavy atom. The van der Waals surface area contributed by atoms with E-state index in [0.717, 1.165) is 35.1 Å². The number of ketones is 1. The van der Waals surface area contributed by atoms with E-state index >= 15 is 0 Å². The van der Waals surface area contributed by atoms with E-state index in [9.17, 15) is 4.79 Å².